The van der Waals surface area contributed by atoms with Gasteiger partial charge in [-0.3, -0.25) is 10.2 Å². The molecule has 1 aliphatic rings. The van der Waals surface area contributed by atoms with E-state index in [2.05, 4.69) is 15.2 Å². The lowest BCUT2D eigenvalue weighted by atomic mass is 10.5. The summed E-state index contributed by atoms with van der Waals surface area (Å²) in [6.07, 6.45) is 0.440. The average molecular weight is 127 g/mol. The molecule has 1 aliphatic heterocycles. The molecule has 0 aromatic rings. The summed E-state index contributed by atoms with van der Waals surface area (Å²) in [4.78, 5) is 14.1. The fourth-order valence-corrected chi connectivity index (χ4v) is 0.410. The standard InChI is InChI=1S/C3H5N5O/c4-7-3(9)2-5-1-6-8-2/h1-2H,4H2,(H,7,9)/t2-/m1/s1. The predicted octanol–water partition coefficient (Wildman–Crippen LogP) is -1.20. The normalized spacial score (nSPS) is 22.6. The maximum atomic E-state index is 10.5. The van der Waals surface area contributed by atoms with Crippen LogP contribution in [-0.2, 0) is 4.79 Å². The Kier molecular flexibility index (Phi) is 1.50. The molecule has 48 valence electrons. The maximum absolute atomic E-state index is 10.5. The summed E-state index contributed by atoms with van der Waals surface area (Å²) in [7, 11) is 0. The molecular weight excluding hydrogens is 122 g/mol. The third kappa shape index (κ3) is 1.08. The van der Waals surface area contributed by atoms with E-state index >= 15 is 0 Å². The largest absolute Gasteiger partial charge is 0.291 e. The molecule has 0 saturated heterocycles. The first-order valence-electron chi connectivity index (χ1n) is 2.26. The van der Waals surface area contributed by atoms with Gasteiger partial charge < -0.3 is 0 Å². The van der Waals surface area contributed by atoms with Gasteiger partial charge in [0.25, 0.3) is 5.91 Å². The molecule has 0 radical (unpaired) electrons. The van der Waals surface area contributed by atoms with Crippen molar-refractivity contribution in [2.24, 2.45) is 21.1 Å². The lowest BCUT2D eigenvalue weighted by Gasteiger charge is -1.97. The first kappa shape index (κ1) is 5.83. The molecule has 9 heavy (non-hydrogen) atoms. The first-order valence-corrected chi connectivity index (χ1v) is 2.26. The van der Waals surface area contributed by atoms with Crippen LogP contribution in [0.15, 0.2) is 15.2 Å². The Hall–Kier alpha value is -1.30. The summed E-state index contributed by atoms with van der Waals surface area (Å²) in [6.45, 7) is 0. The third-order valence-corrected chi connectivity index (χ3v) is 0.812. The highest BCUT2D eigenvalue weighted by Gasteiger charge is 2.15. The fraction of sp³-hybridized carbons (Fsp3) is 0.333. The lowest BCUT2D eigenvalue weighted by molar-refractivity contribution is -0.122. The van der Waals surface area contributed by atoms with Crippen molar-refractivity contribution < 1.29 is 4.79 Å². The molecule has 1 heterocycles. The maximum Gasteiger partial charge on any atom is 0.283 e. The topological polar surface area (TPSA) is 92.2 Å². The van der Waals surface area contributed by atoms with Gasteiger partial charge in [-0.1, -0.05) is 0 Å². The number of amides is 1. The van der Waals surface area contributed by atoms with Gasteiger partial charge in [0.2, 0.25) is 6.17 Å². The number of hydrazine groups is 1. The van der Waals surface area contributed by atoms with Gasteiger partial charge in [-0.25, -0.2) is 10.8 Å². The van der Waals surface area contributed by atoms with Crippen LogP contribution in [0, 0.1) is 0 Å². The van der Waals surface area contributed by atoms with E-state index in [0.29, 0.717) is 0 Å². The predicted molar refractivity (Wildman–Crippen MR) is 29.5 cm³/mol. The summed E-state index contributed by atoms with van der Waals surface area (Å²) in [5.74, 6) is 4.33. The van der Waals surface area contributed by atoms with E-state index in [-0.39, 0.29) is 0 Å². The number of carbonyl (C=O) groups excluding carboxylic acids is 1. The Morgan fingerprint density at radius 3 is 3.00 bits per heavy atom. The number of nitrogens with two attached hydrogens (primary N) is 1. The second-order valence-electron chi connectivity index (χ2n) is 1.38. The molecule has 0 fully saturated rings. The van der Waals surface area contributed by atoms with Crippen molar-refractivity contribution in [1.29, 1.82) is 0 Å². The molecule has 3 N–H and O–H groups in total. The smallest absolute Gasteiger partial charge is 0.283 e. The van der Waals surface area contributed by atoms with E-state index in [1.807, 2.05) is 5.43 Å². The summed E-state index contributed by atoms with van der Waals surface area (Å²) in [5.41, 5.74) is 1.90. The number of nitrogens with zero attached hydrogens (tertiary/aromatic N) is 3. The SMILES string of the molecule is NNC(=O)[C@@H]1N=CN=N1. The summed E-state index contributed by atoms with van der Waals surface area (Å²) >= 11 is 0. The number of rotatable bonds is 1. The van der Waals surface area contributed by atoms with Crippen LogP contribution in [0.25, 0.3) is 0 Å². The highest BCUT2D eigenvalue weighted by atomic mass is 16.2. The third-order valence-electron chi connectivity index (χ3n) is 0.812. The van der Waals surface area contributed by atoms with Gasteiger partial charge in [0.15, 0.2) is 0 Å². The molecule has 6 nitrogen and oxygen atoms in total. The number of aliphatic imine (C=N–C) groups is 1. The second kappa shape index (κ2) is 2.31. The molecule has 0 aromatic carbocycles. The van der Waals surface area contributed by atoms with Crippen LogP contribution < -0.4 is 11.3 Å². The van der Waals surface area contributed by atoms with Crippen LogP contribution in [0.1, 0.15) is 0 Å². The van der Waals surface area contributed by atoms with Crippen molar-refractivity contribution >= 4 is 12.2 Å². The summed E-state index contributed by atoms with van der Waals surface area (Å²) in [6, 6.07) is 0. The summed E-state index contributed by atoms with van der Waals surface area (Å²) in [5, 5.41) is 6.77. The number of azo groups is 1. The monoisotopic (exact) mass is 127 g/mol. The fourth-order valence-electron chi connectivity index (χ4n) is 0.410. The first-order chi connectivity index (χ1) is 4.34. The van der Waals surface area contributed by atoms with Gasteiger partial charge in [0.1, 0.15) is 6.34 Å². The molecule has 0 bridgehead atoms. The van der Waals surface area contributed by atoms with Crippen LogP contribution in [0.2, 0.25) is 0 Å². The van der Waals surface area contributed by atoms with Crippen LogP contribution in [0.5, 0.6) is 0 Å². The van der Waals surface area contributed by atoms with Crippen LogP contribution >= 0.6 is 0 Å². The highest BCUT2D eigenvalue weighted by Crippen LogP contribution is 1.98. The van der Waals surface area contributed by atoms with Crippen molar-refractivity contribution in [1.82, 2.24) is 5.43 Å². The second-order valence-corrected chi connectivity index (χ2v) is 1.38. The molecule has 0 aliphatic carbocycles. The molecule has 6 heteroatoms. The number of nitrogens with one attached hydrogen (secondary N) is 1. The minimum atomic E-state index is -0.769. The minimum Gasteiger partial charge on any atom is -0.291 e. The Labute approximate surface area is 50.8 Å². The molecule has 0 saturated carbocycles. The Morgan fingerprint density at radius 1 is 1.78 bits per heavy atom. The van der Waals surface area contributed by atoms with E-state index in [9.17, 15) is 4.79 Å². The number of carbonyl (C=O) groups is 1. The van der Waals surface area contributed by atoms with Crippen LogP contribution in [0.4, 0.5) is 0 Å². The van der Waals surface area contributed by atoms with E-state index in [1.54, 1.807) is 0 Å². The highest BCUT2D eigenvalue weighted by molar-refractivity contribution is 5.83. The zero-order chi connectivity index (χ0) is 6.69. The van der Waals surface area contributed by atoms with E-state index in [4.69, 9.17) is 5.84 Å². The minimum absolute atomic E-state index is 0.451. The average Bonchev–Trinajstić information content (AvgIpc) is 2.37. The van der Waals surface area contributed by atoms with Gasteiger partial charge in [0, 0.05) is 0 Å². The zero-order valence-corrected chi connectivity index (χ0v) is 4.48. The number of hydrogen-bond donors (Lipinski definition) is 2. The van der Waals surface area contributed by atoms with E-state index < -0.39 is 12.1 Å². The quantitative estimate of drug-likeness (QED) is 0.263. The van der Waals surface area contributed by atoms with Crippen molar-refractivity contribution in [2.75, 3.05) is 0 Å². The molecule has 0 unspecified atom stereocenters. The molecular formula is C3H5N5O. The molecule has 1 rings (SSSR count). The Balaban J connectivity index is 2.53. The lowest BCUT2D eigenvalue weighted by Crippen LogP contribution is -2.36. The molecule has 1 atom stereocenters. The van der Waals surface area contributed by atoms with Crippen molar-refractivity contribution in [3.8, 4) is 0 Å². The zero-order valence-electron chi connectivity index (χ0n) is 4.48. The molecule has 1 amide bonds. The van der Waals surface area contributed by atoms with Crippen LogP contribution in [0.3, 0.4) is 0 Å². The van der Waals surface area contributed by atoms with Gasteiger partial charge in [-0.2, -0.15) is 0 Å². The van der Waals surface area contributed by atoms with Crippen LogP contribution in [-0.4, -0.2) is 18.4 Å². The Morgan fingerprint density at radius 2 is 2.56 bits per heavy atom. The van der Waals surface area contributed by atoms with Gasteiger partial charge >= 0.3 is 0 Å². The summed E-state index contributed by atoms with van der Waals surface area (Å²) < 4.78 is 0. The van der Waals surface area contributed by atoms with Crippen molar-refractivity contribution in [2.45, 2.75) is 6.17 Å². The van der Waals surface area contributed by atoms with E-state index in [0.717, 1.165) is 0 Å². The van der Waals surface area contributed by atoms with Gasteiger partial charge in [0.05, 0.1) is 0 Å². The van der Waals surface area contributed by atoms with Crippen molar-refractivity contribution in [3.63, 3.8) is 0 Å². The molecule has 0 aromatic heterocycles. The Bertz CT molecular complexity index is 161. The van der Waals surface area contributed by atoms with Gasteiger partial charge in [-0.15, -0.1) is 10.2 Å². The van der Waals surface area contributed by atoms with Crippen molar-refractivity contribution in [3.05, 3.63) is 0 Å². The van der Waals surface area contributed by atoms with Gasteiger partial charge in [-0.05, 0) is 0 Å². The molecule has 0 spiro atoms. The van der Waals surface area contributed by atoms with E-state index in [1.165, 1.54) is 6.34 Å². The number of hydrogen-bond acceptors (Lipinski definition) is 5.